The van der Waals surface area contributed by atoms with Crippen LogP contribution in [0.1, 0.15) is 75.0 Å². The molecule has 0 saturated heterocycles. The second-order valence-electron chi connectivity index (χ2n) is 9.24. The van der Waals surface area contributed by atoms with Crippen LogP contribution in [-0.2, 0) is 33.2 Å². The summed E-state index contributed by atoms with van der Waals surface area (Å²) in [5, 5.41) is 0. The molecule has 0 heterocycles. The van der Waals surface area contributed by atoms with Crippen LogP contribution in [0.25, 0.3) is 0 Å². The minimum Gasteiger partial charge on any atom is -0.502 e. The van der Waals surface area contributed by atoms with Crippen LogP contribution in [0.3, 0.4) is 0 Å². The van der Waals surface area contributed by atoms with Crippen molar-refractivity contribution in [3.63, 3.8) is 0 Å². The number of allylic oxidation sites excluding steroid dienone is 1. The summed E-state index contributed by atoms with van der Waals surface area (Å²) < 4.78 is 73.5. The monoisotopic (exact) mass is 550 g/mol. The summed E-state index contributed by atoms with van der Waals surface area (Å²) in [4.78, 5) is 11.0. The first-order valence-corrected chi connectivity index (χ1v) is 13.4. The highest BCUT2D eigenvalue weighted by atomic mass is 19.3. The van der Waals surface area contributed by atoms with E-state index in [1.807, 2.05) is 13.0 Å². The van der Waals surface area contributed by atoms with Gasteiger partial charge < -0.3 is 14.2 Å². The van der Waals surface area contributed by atoms with E-state index in [9.17, 15) is 22.4 Å². The molecule has 0 spiro atoms. The van der Waals surface area contributed by atoms with Crippen molar-refractivity contribution in [1.82, 2.24) is 0 Å². The molecule has 0 radical (unpaired) electrons. The van der Waals surface area contributed by atoms with Gasteiger partial charge in [-0.3, -0.25) is 0 Å². The summed E-state index contributed by atoms with van der Waals surface area (Å²) in [6.45, 7) is 6.16. The molecular formula is C31H38F4O4. The van der Waals surface area contributed by atoms with Crippen molar-refractivity contribution in [2.75, 3.05) is 13.2 Å². The van der Waals surface area contributed by atoms with E-state index in [-0.39, 0.29) is 17.9 Å². The average molecular weight is 551 g/mol. The van der Waals surface area contributed by atoms with Crippen LogP contribution in [0.4, 0.5) is 17.6 Å². The Hall–Kier alpha value is -3.29. The highest BCUT2D eigenvalue weighted by Gasteiger charge is 2.41. The van der Waals surface area contributed by atoms with Crippen molar-refractivity contribution in [2.24, 2.45) is 0 Å². The van der Waals surface area contributed by atoms with E-state index in [4.69, 9.17) is 14.2 Å². The van der Waals surface area contributed by atoms with Crippen LogP contribution in [0.2, 0.25) is 0 Å². The predicted octanol–water partition coefficient (Wildman–Crippen LogP) is 8.58. The third kappa shape index (κ3) is 12.0. The fourth-order valence-corrected chi connectivity index (χ4v) is 4.02. The number of esters is 1. The smallest absolute Gasteiger partial charge is 0.432 e. The summed E-state index contributed by atoms with van der Waals surface area (Å²) in [6.07, 6.45) is 8.28. The lowest BCUT2D eigenvalue weighted by atomic mass is 10.0. The summed E-state index contributed by atoms with van der Waals surface area (Å²) in [5.74, 6) is -3.35. The molecule has 2 aromatic rings. The number of aryl methyl sites for hydroxylation is 2. The maximum atomic E-state index is 14.7. The number of halogens is 4. The lowest BCUT2D eigenvalue weighted by Gasteiger charge is -2.20. The van der Waals surface area contributed by atoms with Gasteiger partial charge in [0, 0.05) is 6.08 Å². The van der Waals surface area contributed by atoms with Crippen LogP contribution >= 0.6 is 0 Å². The highest BCUT2D eigenvalue weighted by Crippen LogP contribution is 2.35. The van der Waals surface area contributed by atoms with E-state index in [1.165, 1.54) is 12.1 Å². The van der Waals surface area contributed by atoms with Gasteiger partial charge in [0.15, 0.2) is 0 Å². The summed E-state index contributed by atoms with van der Waals surface area (Å²) in [7, 11) is 0. The van der Waals surface area contributed by atoms with Gasteiger partial charge in [-0.1, -0.05) is 50.5 Å². The molecule has 0 N–H and O–H groups in total. The van der Waals surface area contributed by atoms with E-state index in [0.29, 0.717) is 25.9 Å². The SMILES string of the molecule is C=CC(=O)OCCCCCCc1cc(F)c(C(F)(F)Oc2ccc(CCCCCCOC=CC)cc2)c(F)c1. The Labute approximate surface area is 228 Å². The molecule has 0 fully saturated rings. The van der Waals surface area contributed by atoms with E-state index >= 15 is 0 Å². The fourth-order valence-electron chi connectivity index (χ4n) is 4.02. The highest BCUT2D eigenvalue weighted by molar-refractivity contribution is 5.81. The Kier molecular flexibility index (Phi) is 14.2. The fraction of sp³-hybridized carbons (Fsp3) is 0.452. The van der Waals surface area contributed by atoms with Crippen molar-refractivity contribution >= 4 is 5.97 Å². The van der Waals surface area contributed by atoms with Gasteiger partial charge in [-0.25, -0.2) is 13.6 Å². The van der Waals surface area contributed by atoms with Crippen molar-refractivity contribution < 1.29 is 36.6 Å². The Morgan fingerprint density at radius 3 is 2.00 bits per heavy atom. The molecule has 4 nitrogen and oxygen atoms in total. The van der Waals surface area contributed by atoms with Crippen molar-refractivity contribution in [3.8, 4) is 5.75 Å². The second-order valence-corrected chi connectivity index (χ2v) is 9.24. The number of hydrogen-bond acceptors (Lipinski definition) is 4. The zero-order valence-electron chi connectivity index (χ0n) is 22.5. The minimum absolute atomic E-state index is 0.175. The third-order valence-electron chi connectivity index (χ3n) is 6.04. The van der Waals surface area contributed by atoms with E-state index in [1.54, 1.807) is 18.4 Å². The number of alkyl halides is 2. The van der Waals surface area contributed by atoms with Gasteiger partial charge in [0.05, 0.1) is 19.5 Å². The molecule has 0 bridgehead atoms. The first kappa shape index (κ1) is 31.9. The summed E-state index contributed by atoms with van der Waals surface area (Å²) in [6, 6.07) is 7.99. The Balaban J connectivity index is 1.81. The molecule has 2 aromatic carbocycles. The largest absolute Gasteiger partial charge is 0.502 e. The number of hydrogen-bond donors (Lipinski definition) is 0. The molecule has 0 unspecified atom stereocenters. The number of ether oxygens (including phenoxy) is 3. The van der Waals surface area contributed by atoms with E-state index < -0.39 is 29.3 Å². The molecule has 0 amide bonds. The standard InChI is InChI=1S/C31H38F4O4/c1-3-19-37-20-11-7-5-9-13-24-15-17-26(18-16-24)39-31(34,35)30-27(32)22-25(23-28(30)33)14-10-6-8-12-21-38-29(36)4-2/h3-4,15-19,22-23H,2,5-14,20-21H2,1H3. The first-order chi connectivity index (χ1) is 18.8. The lowest BCUT2D eigenvalue weighted by molar-refractivity contribution is -0.189. The second kappa shape index (κ2) is 17.3. The Bertz CT molecular complexity index is 1030. The molecule has 0 saturated carbocycles. The van der Waals surface area contributed by atoms with Gasteiger partial charge in [0.2, 0.25) is 0 Å². The molecule has 39 heavy (non-hydrogen) atoms. The topological polar surface area (TPSA) is 44.8 Å². The molecule has 0 atom stereocenters. The van der Waals surface area contributed by atoms with Gasteiger partial charge in [-0.15, -0.1) is 0 Å². The van der Waals surface area contributed by atoms with Gasteiger partial charge >= 0.3 is 12.1 Å². The average Bonchev–Trinajstić information content (AvgIpc) is 2.89. The Morgan fingerprint density at radius 2 is 1.41 bits per heavy atom. The molecule has 0 aromatic heterocycles. The van der Waals surface area contributed by atoms with Gasteiger partial charge in [-0.2, -0.15) is 8.78 Å². The zero-order valence-corrected chi connectivity index (χ0v) is 22.5. The van der Waals surface area contributed by atoms with E-state index in [2.05, 4.69) is 6.58 Å². The molecule has 2 rings (SSSR count). The van der Waals surface area contributed by atoms with Gasteiger partial charge in [0.25, 0.3) is 0 Å². The summed E-state index contributed by atoms with van der Waals surface area (Å²) >= 11 is 0. The number of carbonyl (C=O) groups is 1. The van der Waals surface area contributed by atoms with Crippen LogP contribution < -0.4 is 4.74 Å². The molecule has 0 aliphatic rings. The van der Waals surface area contributed by atoms with Crippen molar-refractivity contribution in [1.29, 1.82) is 0 Å². The number of unbranched alkanes of at least 4 members (excludes halogenated alkanes) is 6. The molecule has 0 aliphatic carbocycles. The maximum Gasteiger partial charge on any atom is 0.432 e. The normalized spacial score (nSPS) is 11.5. The van der Waals surface area contributed by atoms with Crippen LogP contribution in [0, 0.1) is 11.6 Å². The van der Waals surface area contributed by atoms with Crippen LogP contribution in [-0.4, -0.2) is 19.2 Å². The van der Waals surface area contributed by atoms with Crippen molar-refractivity contribution in [3.05, 3.63) is 89.7 Å². The summed E-state index contributed by atoms with van der Waals surface area (Å²) in [5.41, 5.74) is -0.148. The van der Waals surface area contributed by atoms with Crippen LogP contribution in [0.15, 0.2) is 61.4 Å². The van der Waals surface area contributed by atoms with Crippen LogP contribution in [0.5, 0.6) is 5.75 Å². The molecule has 214 valence electrons. The predicted molar refractivity (Wildman–Crippen MR) is 144 cm³/mol. The zero-order chi connectivity index (χ0) is 28.5. The van der Waals surface area contributed by atoms with Crippen molar-refractivity contribution in [2.45, 2.75) is 77.2 Å². The Morgan fingerprint density at radius 1 is 0.846 bits per heavy atom. The molecular weight excluding hydrogens is 512 g/mol. The first-order valence-electron chi connectivity index (χ1n) is 13.4. The van der Waals surface area contributed by atoms with Gasteiger partial charge in [-0.05, 0) is 80.8 Å². The number of carbonyl (C=O) groups excluding carboxylic acids is 1. The molecule has 0 aliphatic heterocycles. The van der Waals surface area contributed by atoms with E-state index in [0.717, 1.165) is 68.7 Å². The quantitative estimate of drug-likeness (QED) is 0.0578. The lowest BCUT2D eigenvalue weighted by Crippen LogP contribution is -2.25. The minimum atomic E-state index is -4.17. The third-order valence-corrected chi connectivity index (χ3v) is 6.04. The molecule has 8 heteroatoms. The number of benzene rings is 2. The van der Waals surface area contributed by atoms with Gasteiger partial charge in [0.1, 0.15) is 22.9 Å². The maximum absolute atomic E-state index is 14.7. The number of rotatable bonds is 19.